The summed E-state index contributed by atoms with van der Waals surface area (Å²) in [5.74, 6) is 0.527. The maximum atomic E-state index is 12.9. The zero-order chi connectivity index (χ0) is 23.7. The number of carbonyl (C=O) groups is 1. The lowest BCUT2D eigenvalue weighted by Gasteiger charge is -2.31. The Morgan fingerprint density at radius 2 is 1.85 bits per heavy atom. The number of hydrogen-bond acceptors (Lipinski definition) is 5. The molecule has 4 aromatic rings. The number of nitrogens with one attached hydrogen (secondary N) is 2. The summed E-state index contributed by atoms with van der Waals surface area (Å²) < 4.78 is 8.03. The summed E-state index contributed by atoms with van der Waals surface area (Å²) in [4.78, 5) is 42.4. The molecule has 3 aromatic heterocycles. The van der Waals surface area contributed by atoms with E-state index < -0.39 is 0 Å². The fourth-order valence-corrected chi connectivity index (χ4v) is 4.21. The van der Waals surface area contributed by atoms with Crippen molar-refractivity contribution in [2.45, 2.75) is 18.9 Å². The summed E-state index contributed by atoms with van der Waals surface area (Å²) in [6.45, 7) is 0.885. The van der Waals surface area contributed by atoms with Crippen molar-refractivity contribution in [3.05, 3.63) is 82.0 Å². The molecule has 0 saturated carbocycles. The Morgan fingerprint density at radius 3 is 2.56 bits per heavy atom. The molecule has 2 amide bonds. The SMILES string of the molecule is Cn1cc(-c2ccoc2)cc(NC(=O)N2CCC(n3nc(-c4ccccc4)[nH]c3=O)CC2)c1=O. The van der Waals surface area contributed by atoms with Crippen LogP contribution in [0.4, 0.5) is 10.5 Å². The average molecular weight is 460 g/mol. The number of piperidine rings is 1. The van der Waals surface area contributed by atoms with E-state index in [9.17, 15) is 14.4 Å². The molecule has 0 radical (unpaired) electrons. The first-order valence-electron chi connectivity index (χ1n) is 11.0. The Labute approximate surface area is 194 Å². The van der Waals surface area contributed by atoms with Crippen LogP contribution in [0.25, 0.3) is 22.5 Å². The zero-order valence-electron chi connectivity index (χ0n) is 18.6. The molecule has 1 fully saturated rings. The van der Waals surface area contributed by atoms with Gasteiger partial charge in [-0.2, -0.15) is 0 Å². The number of likely N-dealkylation sites (tertiary alicyclic amines) is 1. The molecule has 2 N–H and O–H groups in total. The van der Waals surface area contributed by atoms with Crippen molar-refractivity contribution in [1.29, 1.82) is 0 Å². The van der Waals surface area contributed by atoms with Gasteiger partial charge in [0.2, 0.25) is 0 Å². The van der Waals surface area contributed by atoms with Crippen LogP contribution < -0.4 is 16.6 Å². The third-order valence-electron chi connectivity index (χ3n) is 6.07. The van der Waals surface area contributed by atoms with Crippen molar-refractivity contribution in [1.82, 2.24) is 24.2 Å². The van der Waals surface area contributed by atoms with E-state index in [4.69, 9.17) is 4.42 Å². The molecule has 4 heterocycles. The summed E-state index contributed by atoms with van der Waals surface area (Å²) in [5.41, 5.74) is 2.05. The predicted molar refractivity (Wildman–Crippen MR) is 127 cm³/mol. The summed E-state index contributed by atoms with van der Waals surface area (Å²) in [7, 11) is 1.64. The number of aromatic amines is 1. The highest BCUT2D eigenvalue weighted by atomic mass is 16.3. The van der Waals surface area contributed by atoms with E-state index in [0.29, 0.717) is 31.8 Å². The first-order chi connectivity index (χ1) is 16.5. The van der Waals surface area contributed by atoms with E-state index in [0.717, 1.165) is 16.7 Å². The average Bonchev–Trinajstić information content (AvgIpc) is 3.53. The number of aryl methyl sites for hydroxylation is 1. The molecular formula is C24H24N6O4. The van der Waals surface area contributed by atoms with Gasteiger partial charge in [0.15, 0.2) is 5.82 Å². The van der Waals surface area contributed by atoms with Crippen molar-refractivity contribution in [3.63, 3.8) is 0 Å². The first kappa shape index (κ1) is 21.5. The fraction of sp³-hybridized carbons (Fsp3) is 0.250. The Morgan fingerprint density at radius 1 is 1.09 bits per heavy atom. The van der Waals surface area contributed by atoms with Crippen LogP contribution in [0.5, 0.6) is 0 Å². The number of carbonyl (C=O) groups excluding carboxylic acids is 1. The number of pyridine rings is 1. The number of rotatable bonds is 4. The highest BCUT2D eigenvalue weighted by molar-refractivity contribution is 5.90. The van der Waals surface area contributed by atoms with Gasteiger partial charge in [-0.3, -0.25) is 9.78 Å². The van der Waals surface area contributed by atoms with E-state index in [1.54, 1.807) is 42.8 Å². The van der Waals surface area contributed by atoms with Crippen LogP contribution in [0.3, 0.4) is 0 Å². The number of amides is 2. The number of nitrogens with zero attached hydrogens (tertiary/aromatic N) is 4. The Hall–Kier alpha value is -4.34. The van der Waals surface area contributed by atoms with Gasteiger partial charge in [0, 0.05) is 43.0 Å². The van der Waals surface area contributed by atoms with Gasteiger partial charge >= 0.3 is 11.7 Å². The molecule has 1 saturated heterocycles. The van der Waals surface area contributed by atoms with Gasteiger partial charge in [0.25, 0.3) is 5.56 Å². The van der Waals surface area contributed by atoms with E-state index in [1.165, 1.54) is 9.25 Å². The minimum Gasteiger partial charge on any atom is -0.472 e. The molecule has 34 heavy (non-hydrogen) atoms. The molecule has 0 aliphatic carbocycles. The molecule has 1 aliphatic rings. The number of urea groups is 1. The van der Waals surface area contributed by atoms with Gasteiger partial charge in [0.05, 0.1) is 18.6 Å². The maximum absolute atomic E-state index is 12.9. The molecular weight excluding hydrogens is 436 g/mol. The van der Waals surface area contributed by atoms with Crippen LogP contribution in [0.2, 0.25) is 0 Å². The summed E-state index contributed by atoms with van der Waals surface area (Å²) >= 11 is 0. The lowest BCUT2D eigenvalue weighted by Crippen LogP contribution is -2.43. The van der Waals surface area contributed by atoms with E-state index in [-0.39, 0.29) is 29.0 Å². The third kappa shape index (κ3) is 4.17. The molecule has 0 bridgehead atoms. The second kappa shape index (κ2) is 8.89. The maximum Gasteiger partial charge on any atom is 0.343 e. The summed E-state index contributed by atoms with van der Waals surface area (Å²) in [6.07, 6.45) is 5.99. The molecule has 174 valence electrons. The number of benzene rings is 1. The van der Waals surface area contributed by atoms with E-state index >= 15 is 0 Å². The van der Waals surface area contributed by atoms with Crippen LogP contribution in [-0.4, -0.2) is 43.4 Å². The van der Waals surface area contributed by atoms with Crippen molar-refractivity contribution < 1.29 is 9.21 Å². The highest BCUT2D eigenvalue weighted by Gasteiger charge is 2.26. The number of hydrogen-bond donors (Lipinski definition) is 2. The number of furan rings is 1. The molecule has 1 aliphatic heterocycles. The highest BCUT2D eigenvalue weighted by Crippen LogP contribution is 2.24. The molecule has 1 aromatic carbocycles. The second-order valence-electron chi connectivity index (χ2n) is 8.31. The smallest absolute Gasteiger partial charge is 0.343 e. The van der Waals surface area contributed by atoms with Crippen LogP contribution in [-0.2, 0) is 7.05 Å². The minimum atomic E-state index is -0.348. The van der Waals surface area contributed by atoms with Crippen LogP contribution in [0.15, 0.2) is 75.2 Å². The number of H-pyrrole nitrogens is 1. The largest absolute Gasteiger partial charge is 0.472 e. The molecule has 10 nitrogen and oxygen atoms in total. The van der Waals surface area contributed by atoms with Gasteiger partial charge in [-0.15, -0.1) is 5.10 Å². The van der Waals surface area contributed by atoms with Crippen LogP contribution in [0, 0.1) is 0 Å². The molecule has 0 atom stereocenters. The number of anilines is 1. The monoisotopic (exact) mass is 460 g/mol. The van der Waals surface area contributed by atoms with Gasteiger partial charge in [-0.1, -0.05) is 30.3 Å². The Kier molecular flexibility index (Phi) is 5.62. The third-order valence-corrected chi connectivity index (χ3v) is 6.07. The van der Waals surface area contributed by atoms with Crippen molar-refractivity contribution >= 4 is 11.7 Å². The standard InChI is InChI=1S/C24H24N6O4/c1-28-14-18(17-9-12-34-15-17)13-20(22(28)31)25-23(32)29-10-7-19(8-11-29)30-24(33)26-21(27-30)16-5-3-2-4-6-16/h2-6,9,12-15,19H,7-8,10-11H2,1H3,(H,25,32)(H,26,27,33). The number of aromatic nitrogens is 4. The normalized spacial score (nSPS) is 14.3. The molecule has 0 spiro atoms. The second-order valence-corrected chi connectivity index (χ2v) is 8.31. The minimum absolute atomic E-state index is 0.109. The lowest BCUT2D eigenvalue weighted by molar-refractivity contribution is 0.179. The molecule has 10 heteroatoms. The van der Waals surface area contributed by atoms with E-state index in [2.05, 4.69) is 15.4 Å². The molecule has 5 rings (SSSR count). The van der Waals surface area contributed by atoms with Crippen molar-refractivity contribution in [2.24, 2.45) is 7.05 Å². The van der Waals surface area contributed by atoms with Gasteiger partial charge in [0.1, 0.15) is 5.69 Å². The first-order valence-corrected chi connectivity index (χ1v) is 11.0. The van der Waals surface area contributed by atoms with Gasteiger partial charge in [-0.05, 0) is 25.0 Å². The fourth-order valence-electron chi connectivity index (χ4n) is 4.21. The van der Waals surface area contributed by atoms with E-state index in [1.807, 2.05) is 30.3 Å². The molecule has 0 unspecified atom stereocenters. The van der Waals surface area contributed by atoms with Crippen molar-refractivity contribution in [3.8, 4) is 22.5 Å². The predicted octanol–water partition coefficient (Wildman–Crippen LogP) is 3.07. The Balaban J connectivity index is 1.26. The quantitative estimate of drug-likeness (QED) is 0.485. The topological polar surface area (TPSA) is 118 Å². The summed E-state index contributed by atoms with van der Waals surface area (Å²) in [6, 6.07) is 12.4. The lowest BCUT2D eigenvalue weighted by atomic mass is 10.1. The van der Waals surface area contributed by atoms with Gasteiger partial charge in [-0.25, -0.2) is 14.3 Å². The van der Waals surface area contributed by atoms with Crippen molar-refractivity contribution in [2.75, 3.05) is 18.4 Å². The van der Waals surface area contributed by atoms with Gasteiger partial charge < -0.3 is 19.2 Å². The summed E-state index contributed by atoms with van der Waals surface area (Å²) in [5, 5.41) is 7.22. The zero-order valence-corrected chi connectivity index (χ0v) is 18.6. The Bertz CT molecular complexity index is 1410. The van der Waals surface area contributed by atoms with Crippen LogP contribution in [0.1, 0.15) is 18.9 Å². The van der Waals surface area contributed by atoms with Crippen LogP contribution >= 0.6 is 0 Å².